The molecule has 2 nitrogen and oxygen atoms in total. The summed E-state index contributed by atoms with van der Waals surface area (Å²) in [6, 6.07) is 0. The van der Waals surface area contributed by atoms with Crippen molar-refractivity contribution in [3.8, 4) is 0 Å². The molecule has 13 heavy (non-hydrogen) atoms. The molecule has 0 aromatic carbocycles. The highest BCUT2D eigenvalue weighted by Crippen LogP contribution is 2.32. The van der Waals surface area contributed by atoms with Gasteiger partial charge in [0.1, 0.15) is 0 Å². The van der Waals surface area contributed by atoms with Gasteiger partial charge in [0.15, 0.2) is 0 Å². The van der Waals surface area contributed by atoms with E-state index in [9.17, 15) is 4.79 Å². The summed E-state index contributed by atoms with van der Waals surface area (Å²) < 4.78 is 5.00. The van der Waals surface area contributed by atoms with Gasteiger partial charge >= 0.3 is 5.97 Å². The van der Waals surface area contributed by atoms with Crippen LogP contribution in [0.2, 0.25) is 0 Å². The molecule has 1 aliphatic rings. The highest BCUT2D eigenvalue weighted by Gasteiger charge is 2.28. The lowest BCUT2D eigenvalue weighted by atomic mass is 9.91. The summed E-state index contributed by atoms with van der Waals surface area (Å²) in [4.78, 5) is 11.5. The molecule has 0 N–H and O–H groups in total. The van der Waals surface area contributed by atoms with Crippen LogP contribution in [0.1, 0.15) is 32.6 Å². The third-order valence-corrected chi connectivity index (χ3v) is 2.72. The topological polar surface area (TPSA) is 26.3 Å². The molecule has 0 heterocycles. The Labute approximate surface area is 80.0 Å². The molecule has 1 fully saturated rings. The van der Waals surface area contributed by atoms with Crippen LogP contribution in [0.5, 0.6) is 0 Å². The van der Waals surface area contributed by atoms with Crippen LogP contribution in [0.4, 0.5) is 0 Å². The normalized spacial score (nSPS) is 19.8. The average Bonchev–Trinajstić information content (AvgIpc) is 2.59. The second kappa shape index (κ2) is 5.05. The summed E-state index contributed by atoms with van der Waals surface area (Å²) in [5.74, 6) is 0.323. The van der Waals surface area contributed by atoms with Gasteiger partial charge in [0.05, 0.1) is 12.5 Å². The van der Waals surface area contributed by atoms with Crippen molar-refractivity contribution in [1.29, 1.82) is 0 Å². The Balaban J connectivity index is 2.49. The predicted molar refractivity (Wildman–Crippen MR) is 52.3 cm³/mol. The molecule has 1 rings (SSSR count). The molecule has 1 aliphatic carbocycles. The molecule has 0 spiro atoms. The molecule has 1 atom stereocenters. The number of carbonyl (C=O) groups excluding carboxylic acids is 1. The van der Waals surface area contributed by atoms with E-state index < -0.39 is 0 Å². The molecular weight excluding hydrogens is 164 g/mol. The van der Waals surface area contributed by atoms with Crippen molar-refractivity contribution < 1.29 is 9.53 Å². The van der Waals surface area contributed by atoms with Gasteiger partial charge in [0, 0.05) is 0 Å². The Kier molecular flexibility index (Phi) is 4.00. The van der Waals surface area contributed by atoms with Gasteiger partial charge in [-0.05, 0) is 25.7 Å². The fourth-order valence-corrected chi connectivity index (χ4v) is 2.04. The smallest absolute Gasteiger partial charge is 0.313 e. The average molecular weight is 182 g/mol. The number of esters is 1. The molecular formula is C11H18O2. The van der Waals surface area contributed by atoms with Gasteiger partial charge in [-0.15, -0.1) is 6.58 Å². The van der Waals surface area contributed by atoms with Crippen LogP contribution in [-0.2, 0) is 9.53 Å². The van der Waals surface area contributed by atoms with E-state index in [4.69, 9.17) is 4.74 Å². The van der Waals surface area contributed by atoms with Crippen molar-refractivity contribution in [2.45, 2.75) is 32.6 Å². The number of ether oxygens (including phenoxy) is 1. The van der Waals surface area contributed by atoms with E-state index in [-0.39, 0.29) is 11.9 Å². The zero-order valence-corrected chi connectivity index (χ0v) is 8.29. The lowest BCUT2D eigenvalue weighted by Gasteiger charge is -2.17. The summed E-state index contributed by atoms with van der Waals surface area (Å²) in [7, 11) is 0. The second-order valence-corrected chi connectivity index (χ2v) is 3.56. The maximum Gasteiger partial charge on any atom is 0.313 e. The van der Waals surface area contributed by atoms with Crippen molar-refractivity contribution in [2.75, 3.05) is 6.61 Å². The Bertz CT molecular complexity index is 181. The molecule has 1 unspecified atom stereocenters. The zero-order valence-electron chi connectivity index (χ0n) is 8.29. The maximum atomic E-state index is 11.5. The van der Waals surface area contributed by atoms with Crippen LogP contribution < -0.4 is 0 Å². The first-order valence-corrected chi connectivity index (χ1v) is 5.08. The second-order valence-electron chi connectivity index (χ2n) is 3.56. The lowest BCUT2D eigenvalue weighted by molar-refractivity contribution is -0.147. The van der Waals surface area contributed by atoms with Gasteiger partial charge in [-0.25, -0.2) is 0 Å². The minimum Gasteiger partial charge on any atom is -0.466 e. The van der Waals surface area contributed by atoms with E-state index in [1.807, 2.05) is 6.92 Å². The van der Waals surface area contributed by atoms with Gasteiger partial charge in [0.25, 0.3) is 0 Å². The number of carbonyl (C=O) groups is 1. The molecule has 1 saturated carbocycles. The van der Waals surface area contributed by atoms with Crippen LogP contribution in [0, 0.1) is 11.8 Å². The summed E-state index contributed by atoms with van der Waals surface area (Å²) in [6.45, 7) is 6.02. The van der Waals surface area contributed by atoms with Crippen LogP contribution in [0.15, 0.2) is 12.7 Å². The Morgan fingerprint density at radius 3 is 2.69 bits per heavy atom. The van der Waals surface area contributed by atoms with Crippen molar-refractivity contribution in [2.24, 2.45) is 11.8 Å². The third-order valence-electron chi connectivity index (χ3n) is 2.72. The lowest BCUT2D eigenvalue weighted by Crippen LogP contribution is -2.22. The number of hydrogen-bond donors (Lipinski definition) is 0. The monoisotopic (exact) mass is 182 g/mol. The van der Waals surface area contributed by atoms with Gasteiger partial charge in [0.2, 0.25) is 0 Å². The van der Waals surface area contributed by atoms with Gasteiger partial charge in [-0.3, -0.25) is 4.79 Å². The summed E-state index contributed by atoms with van der Waals surface area (Å²) in [5, 5.41) is 0. The van der Waals surface area contributed by atoms with Crippen molar-refractivity contribution in [3.63, 3.8) is 0 Å². The van der Waals surface area contributed by atoms with Crippen LogP contribution in [-0.4, -0.2) is 12.6 Å². The first kappa shape index (κ1) is 10.3. The van der Waals surface area contributed by atoms with E-state index in [1.165, 1.54) is 12.8 Å². The van der Waals surface area contributed by atoms with Crippen molar-refractivity contribution in [1.82, 2.24) is 0 Å². The van der Waals surface area contributed by atoms with Crippen LogP contribution in [0.25, 0.3) is 0 Å². The molecule has 0 bridgehead atoms. The van der Waals surface area contributed by atoms with Crippen molar-refractivity contribution >= 4 is 5.97 Å². The summed E-state index contributed by atoms with van der Waals surface area (Å²) in [5.41, 5.74) is 0. The highest BCUT2D eigenvalue weighted by molar-refractivity contribution is 5.74. The number of hydrogen-bond acceptors (Lipinski definition) is 2. The first-order chi connectivity index (χ1) is 6.29. The minimum absolute atomic E-state index is 0.0672. The maximum absolute atomic E-state index is 11.5. The predicted octanol–water partition coefficient (Wildman–Crippen LogP) is 2.54. The van der Waals surface area contributed by atoms with Crippen LogP contribution in [0.3, 0.4) is 0 Å². The van der Waals surface area contributed by atoms with E-state index >= 15 is 0 Å². The summed E-state index contributed by atoms with van der Waals surface area (Å²) >= 11 is 0. The molecule has 0 aromatic rings. The van der Waals surface area contributed by atoms with E-state index in [2.05, 4.69) is 6.58 Å². The van der Waals surface area contributed by atoms with Gasteiger partial charge in [-0.1, -0.05) is 18.9 Å². The Hall–Kier alpha value is -0.790. The zero-order chi connectivity index (χ0) is 9.68. The fraction of sp³-hybridized carbons (Fsp3) is 0.727. The standard InChI is InChI=1S/C11H18O2/c1-3-10(11(12)13-4-2)9-7-5-6-8-9/h3,9-10H,1,4-8H2,2H3. The fourth-order valence-electron chi connectivity index (χ4n) is 2.04. The Morgan fingerprint density at radius 1 is 1.62 bits per heavy atom. The highest BCUT2D eigenvalue weighted by atomic mass is 16.5. The third kappa shape index (κ3) is 2.58. The molecule has 0 amide bonds. The summed E-state index contributed by atoms with van der Waals surface area (Å²) in [6.07, 6.45) is 6.53. The first-order valence-electron chi connectivity index (χ1n) is 5.08. The van der Waals surface area contributed by atoms with E-state index in [0.717, 1.165) is 12.8 Å². The molecule has 2 heteroatoms. The molecule has 0 aliphatic heterocycles. The van der Waals surface area contributed by atoms with Gasteiger partial charge in [-0.2, -0.15) is 0 Å². The molecule has 0 saturated heterocycles. The number of rotatable bonds is 4. The minimum atomic E-state index is -0.0931. The molecule has 0 radical (unpaired) electrons. The Morgan fingerprint density at radius 2 is 2.23 bits per heavy atom. The largest absolute Gasteiger partial charge is 0.466 e. The quantitative estimate of drug-likeness (QED) is 0.493. The van der Waals surface area contributed by atoms with E-state index in [0.29, 0.717) is 12.5 Å². The van der Waals surface area contributed by atoms with Gasteiger partial charge < -0.3 is 4.74 Å². The van der Waals surface area contributed by atoms with E-state index in [1.54, 1.807) is 6.08 Å². The molecule has 0 aromatic heterocycles. The van der Waals surface area contributed by atoms with Crippen LogP contribution >= 0.6 is 0 Å². The van der Waals surface area contributed by atoms with Crippen molar-refractivity contribution in [3.05, 3.63) is 12.7 Å². The SMILES string of the molecule is C=CC(C(=O)OCC)C1CCCC1. The molecule has 74 valence electrons.